The van der Waals surface area contributed by atoms with E-state index in [2.05, 4.69) is 54.6 Å². The number of hydrogen-bond acceptors (Lipinski definition) is 6. The van der Waals surface area contributed by atoms with Crippen LogP contribution in [-0.2, 0) is 0 Å². The van der Waals surface area contributed by atoms with Crippen LogP contribution < -0.4 is 0 Å². The van der Waals surface area contributed by atoms with Crippen molar-refractivity contribution in [2.45, 2.75) is 0 Å². The van der Waals surface area contributed by atoms with Gasteiger partial charge in [0.15, 0.2) is 11.4 Å². The Morgan fingerprint density at radius 3 is 1.94 bits per heavy atom. The van der Waals surface area contributed by atoms with Crippen LogP contribution in [0.25, 0.3) is 89.5 Å². The van der Waals surface area contributed by atoms with E-state index in [1.807, 2.05) is 91.0 Å². The molecule has 6 nitrogen and oxygen atoms in total. The van der Waals surface area contributed by atoms with E-state index in [1.54, 1.807) is 6.20 Å². The highest BCUT2D eigenvalue weighted by Gasteiger charge is 2.14. The molecule has 0 saturated heterocycles. The summed E-state index contributed by atoms with van der Waals surface area (Å²) in [7, 11) is 0. The number of rotatable bonds is 5. The maximum Gasteiger partial charge on any atom is 0.160 e. The second kappa shape index (κ2) is 11.1. The van der Waals surface area contributed by atoms with Crippen molar-refractivity contribution in [3.05, 3.63) is 152 Å². The van der Waals surface area contributed by atoms with Crippen molar-refractivity contribution in [3.8, 4) is 56.4 Å². The molecule has 0 aliphatic rings. The zero-order valence-corrected chi connectivity index (χ0v) is 25.1. The molecule has 220 valence electrons. The zero-order valence-electron chi connectivity index (χ0n) is 25.1. The quantitative estimate of drug-likeness (QED) is 0.195. The van der Waals surface area contributed by atoms with Crippen molar-refractivity contribution >= 4 is 33.1 Å². The highest BCUT2D eigenvalue weighted by molar-refractivity contribution is 6.03. The van der Waals surface area contributed by atoms with Crippen molar-refractivity contribution in [1.29, 1.82) is 0 Å². The van der Waals surface area contributed by atoms with Crippen LogP contribution in [-0.4, -0.2) is 24.9 Å². The number of pyridine rings is 1. The summed E-state index contributed by atoms with van der Waals surface area (Å²) < 4.78 is 5.97. The Bertz CT molecular complexity index is 2520. The van der Waals surface area contributed by atoms with E-state index in [1.165, 1.54) is 0 Å². The maximum atomic E-state index is 5.97. The minimum absolute atomic E-state index is 0.691. The van der Waals surface area contributed by atoms with Gasteiger partial charge in [0.25, 0.3) is 0 Å². The summed E-state index contributed by atoms with van der Waals surface area (Å²) in [5, 5.41) is 0.982. The molecule has 0 unspecified atom stereocenters. The van der Waals surface area contributed by atoms with Crippen LogP contribution in [0.4, 0.5) is 0 Å². The molecule has 0 aliphatic heterocycles. The van der Waals surface area contributed by atoms with Gasteiger partial charge in [-0.05, 0) is 59.7 Å². The summed E-state index contributed by atoms with van der Waals surface area (Å²) in [5.41, 5.74) is 12.3. The van der Waals surface area contributed by atoms with Crippen molar-refractivity contribution in [1.82, 2.24) is 24.9 Å². The summed E-state index contributed by atoms with van der Waals surface area (Å²) in [5.74, 6) is 0.691. The predicted molar refractivity (Wildman–Crippen MR) is 187 cm³/mol. The van der Waals surface area contributed by atoms with Gasteiger partial charge in [-0.3, -0.25) is 4.98 Å². The second-order valence-corrected chi connectivity index (χ2v) is 11.4. The van der Waals surface area contributed by atoms with E-state index in [0.717, 1.165) is 78.0 Å². The lowest BCUT2D eigenvalue weighted by Crippen LogP contribution is -1.96. The fourth-order valence-corrected chi connectivity index (χ4v) is 5.97. The lowest BCUT2D eigenvalue weighted by molar-refractivity contribution is 0.668. The largest absolute Gasteiger partial charge is 0.454 e. The fraction of sp³-hybridized carbons (Fsp3) is 0. The number of benzene rings is 5. The standard InChI is InChI=1S/C41H25N5O/c1-3-10-26(11-4-1)34-24-35(46-41(45-34)27-12-5-2-6-13-27)30-15-9-14-28(22-30)29-18-19-32-36(23-29)43-37(25-42-32)33-20-21-39-40(44-33)31-16-7-8-17-38(31)47-39/h1-25H. The molecule has 0 radical (unpaired) electrons. The molecule has 0 fully saturated rings. The van der Waals surface area contributed by atoms with Gasteiger partial charge >= 0.3 is 0 Å². The third-order valence-corrected chi connectivity index (χ3v) is 8.34. The molecule has 0 amide bonds. The molecule has 9 aromatic rings. The number of furan rings is 1. The monoisotopic (exact) mass is 603 g/mol. The molecule has 0 aliphatic carbocycles. The first-order chi connectivity index (χ1) is 23.2. The van der Waals surface area contributed by atoms with E-state index in [9.17, 15) is 0 Å². The molecular weight excluding hydrogens is 578 g/mol. The smallest absolute Gasteiger partial charge is 0.160 e. The summed E-state index contributed by atoms with van der Waals surface area (Å²) >= 11 is 0. The third-order valence-electron chi connectivity index (χ3n) is 8.34. The first-order valence-corrected chi connectivity index (χ1v) is 15.4. The van der Waals surface area contributed by atoms with Gasteiger partial charge in [-0.2, -0.15) is 0 Å². The molecule has 5 aromatic carbocycles. The number of para-hydroxylation sites is 1. The second-order valence-electron chi connectivity index (χ2n) is 11.4. The topological polar surface area (TPSA) is 77.6 Å². The minimum atomic E-state index is 0.691. The van der Waals surface area contributed by atoms with Gasteiger partial charge in [-0.15, -0.1) is 0 Å². The molecule has 0 saturated carbocycles. The normalized spacial score (nSPS) is 11.4. The molecule has 0 atom stereocenters. The minimum Gasteiger partial charge on any atom is -0.454 e. The number of fused-ring (bicyclic) bond motifs is 4. The fourth-order valence-electron chi connectivity index (χ4n) is 5.97. The SMILES string of the molecule is c1ccc(-c2cc(-c3cccc(-c4ccc5ncc(-c6ccc7oc8ccccc8c7n6)nc5c4)c3)nc(-c3ccccc3)n2)cc1. The van der Waals surface area contributed by atoms with Gasteiger partial charge in [0.1, 0.15) is 16.8 Å². The van der Waals surface area contributed by atoms with E-state index < -0.39 is 0 Å². The summed E-state index contributed by atoms with van der Waals surface area (Å²) in [6.45, 7) is 0. The summed E-state index contributed by atoms with van der Waals surface area (Å²) in [6, 6.07) is 48.8. The van der Waals surface area contributed by atoms with Crippen LogP contribution in [0.15, 0.2) is 156 Å². The Balaban J connectivity index is 1.11. The lowest BCUT2D eigenvalue weighted by atomic mass is 10.00. The maximum absolute atomic E-state index is 5.97. The highest BCUT2D eigenvalue weighted by atomic mass is 16.3. The summed E-state index contributed by atoms with van der Waals surface area (Å²) in [6.07, 6.45) is 1.78. The average molecular weight is 604 g/mol. The van der Waals surface area contributed by atoms with Crippen molar-refractivity contribution in [3.63, 3.8) is 0 Å². The van der Waals surface area contributed by atoms with Crippen molar-refractivity contribution < 1.29 is 4.42 Å². The average Bonchev–Trinajstić information content (AvgIpc) is 3.53. The van der Waals surface area contributed by atoms with Gasteiger partial charge in [0, 0.05) is 22.1 Å². The van der Waals surface area contributed by atoms with Crippen molar-refractivity contribution in [2.24, 2.45) is 0 Å². The Hall–Kier alpha value is -6.53. The third kappa shape index (κ3) is 4.98. The Morgan fingerprint density at radius 2 is 1.09 bits per heavy atom. The van der Waals surface area contributed by atoms with Crippen LogP contribution in [0.3, 0.4) is 0 Å². The molecule has 9 rings (SSSR count). The van der Waals surface area contributed by atoms with Crippen LogP contribution in [0.2, 0.25) is 0 Å². The van der Waals surface area contributed by atoms with Crippen LogP contribution in [0, 0.1) is 0 Å². The van der Waals surface area contributed by atoms with Gasteiger partial charge in [0.05, 0.1) is 34.3 Å². The Kier molecular flexibility index (Phi) is 6.35. The predicted octanol–water partition coefficient (Wildman–Crippen LogP) is 10.0. The van der Waals surface area contributed by atoms with Gasteiger partial charge < -0.3 is 4.42 Å². The van der Waals surface area contributed by atoms with Crippen molar-refractivity contribution in [2.75, 3.05) is 0 Å². The van der Waals surface area contributed by atoms with E-state index in [0.29, 0.717) is 11.5 Å². The van der Waals surface area contributed by atoms with Gasteiger partial charge in [-0.25, -0.2) is 19.9 Å². The Labute approximate surface area is 270 Å². The van der Waals surface area contributed by atoms with Gasteiger partial charge in [-0.1, -0.05) is 97.1 Å². The molecule has 0 bridgehead atoms. The lowest BCUT2D eigenvalue weighted by Gasteiger charge is -2.11. The number of hydrogen-bond donors (Lipinski definition) is 0. The molecule has 4 aromatic heterocycles. The molecule has 0 spiro atoms. The first-order valence-electron chi connectivity index (χ1n) is 15.4. The van der Waals surface area contributed by atoms with E-state index in [4.69, 9.17) is 29.3 Å². The summed E-state index contributed by atoms with van der Waals surface area (Å²) in [4.78, 5) is 24.6. The van der Waals surface area contributed by atoms with E-state index in [-0.39, 0.29) is 0 Å². The molecule has 47 heavy (non-hydrogen) atoms. The number of nitrogens with zero attached hydrogens (tertiary/aromatic N) is 5. The van der Waals surface area contributed by atoms with E-state index >= 15 is 0 Å². The first kappa shape index (κ1) is 26.8. The molecule has 0 N–H and O–H groups in total. The number of aromatic nitrogens is 5. The van der Waals surface area contributed by atoms with Crippen LogP contribution >= 0.6 is 0 Å². The zero-order chi connectivity index (χ0) is 31.2. The van der Waals surface area contributed by atoms with Crippen LogP contribution in [0.5, 0.6) is 0 Å². The van der Waals surface area contributed by atoms with Crippen LogP contribution in [0.1, 0.15) is 0 Å². The molecular formula is C41H25N5O. The highest BCUT2D eigenvalue weighted by Crippen LogP contribution is 2.32. The van der Waals surface area contributed by atoms with Gasteiger partial charge in [0.2, 0.25) is 0 Å². The Morgan fingerprint density at radius 1 is 0.383 bits per heavy atom. The molecule has 6 heteroatoms. The molecule has 4 heterocycles.